The topological polar surface area (TPSA) is 58.4 Å². The summed E-state index contributed by atoms with van der Waals surface area (Å²) in [6, 6.07) is 5.81. The molecule has 2 aliphatic heterocycles. The Morgan fingerprint density at radius 2 is 2.26 bits per heavy atom. The monoisotopic (exact) mass is 279 g/mol. The highest BCUT2D eigenvalue weighted by molar-refractivity contribution is 6.31. The first-order valence-corrected chi connectivity index (χ1v) is 7.02. The van der Waals surface area contributed by atoms with Gasteiger partial charge in [-0.25, -0.2) is 0 Å². The van der Waals surface area contributed by atoms with E-state index in [1.54, 1.807) is 6.07 Å². The molecule has 0 aliphatic carbocycles. The van der Waals surface area contributed by atoms with Crippen LogP contribution in [0.15, 0.2) is 18.2 Å². The average molecular weight is 280 g/mol. The summed E-state index contributed by atoms with van der Waals surface area (Å²) in [7, 11) is 0. The van der Waals surface area contributed by atoms with Crippen LogP contribution in [0.1, 0.15) is 17.3 Å². The van der Waals surface area contributed by atoms with Gasteiger partial charge in [0.15, 0.2) is 0 Å². The van der Waals surface area contributed by atoms with E-state index in [1.165, 1.54) is 0 Å². The summed E-state index contributed by atoms with van der Waals surface area (Å²) in [5.74, 6) is 0.891. The fraction of sp³-hybridized carbons (Fsp3) is 0.500. The number of halogens is 1. The van der Waals surface area contributed by atoms with Gasteiger partial charge in [0.1, 0.15) is 0 Å². The average Bonchev–Trinajstić information content (AvgIpc) is 2.93. The number of fused-ring (bicyclic) bond motifs is 1. The Kier molecular flexibility index (Phi) is 3.15. The Bertz CT molecular complexity index is 519. The highest BCUT2D eigenvalue weighted by Gasteiger charge is 2.42. The highest BCUT2D eigenvalue weighted by Crippen LogP contribution is 2.37. The van der Waals surface area contributed by atoms with Gasteiger partial charge in [-0.3, -0.25) is 4.79 Å². The molecule has 4 nitrogen and oxygen atoms in total. The number of hydrogen-bond acceptors (Lipinski definition) is 3. The van der Waals surface area contributed by atoms with Gasteiger partial charge in [0.05, 0.1) is 5.56 Å². The molecule has 2 heterocycles. The number of carbonyl (C=O) groups excluding carboxylic acids is 1. The predicted molar refractivity (Wildman–Crippen MR) is 76.6 cm³/mol. The molecule has 0 spiro atoms. The van der Waals surface area contributed by atoms with E-state index in [9.17, 15) is 4.79 Å². The van der Waals surface area contributed by atoms with E-state index >= 15 is 0 Å². The maximum Gasteiger partial charge on any atom is 0.250 e. The first kappa shape index (κ1) is 12.8. The van der Waals surface area contributed by atoms with Gasteiger partial charge in [-0.05, 0) is 37.0 Å². The maximum atomic E-state index is 11.6. The third-order valence-electron chi connectivity index (χ3n) is 4.47. The van der Waals surface area contributed by atoms with Crippen molar-refractivity contribution >= 4 is 23.2 Å². The van der Waals surface area contributed by atoms with E-state index in [2.05, 4.69) is 17.1 Å². The standard InChI is InChI=1S/C14H18ClN3O/c1-8-12-6-17-5-9(12)7-18(8)13-3-2-10(15)4-11(13)14(16)19/h2-4,8-9,12,17H,5-7H2,1H3,(H2,16,19). The molecule has 1 aromatic rings. The molecular formula is C14H18ClN3O. The molecule has 2 fully saturated rings. The lowest BCUT2D eigenvalue weighted by molar-refractivity contribution is 0.100. The zero-order valence-corrected chi connectivity index (χ0v) is 11.7. The van der Waals surface area contributed by atoms with Gasteiger partial charge in [0, 0.05) is 36.4 Å². The molecule has 3 atom stereocenters. The number of nitrogens with zero attached hydrogens (tertiary/aromatic N) is 1. The highest BCUT2D eigenvalue weighted by atomic mass is 35.5. The molecule has 0 radical (unpaired) electrons. The second kappa shape index (κ2) is 4.69. The smallest absolute Gasteiger partial charge is 0.250 e. The number of hydrogen-bond donors (Lipinski definition) is 2. The van der Waals surface area contributed by atoms with Crippen LogP contribution >= 0.6 is 11.6 Å². The number of anilines is 1. The van der Waals surface area contributed by atoms with E-state index in [4.69, 9.17) is 17.3 Å². The second-order valence-electron chi connectivity index (χ2n) is 5.50. The maximum absolute atomic E-state index is 11.6. The summed E-state index contributed by atoms with van der Waals surface area (Å²) < 4.78 is 0. The van der Waals surface area contributed by atoms with Gasteiger partial charge < -0.3 is 16.0 Å². The summed E-state index contributed by atoms with van der Waals surface area (Å²) >= 11 is 5.96. The van der Waals surface area contributed by atoms with Crippen molar-refractivity contribution in [3.8, 4) is 0 Å². The normalized spacial score (nSPS) is 29.6. The number of carbonyl (C=O) groups is 1. The molecule has 3 unspecified atom stereocenters. The van der Waals surface area contributed by atoms with Crippen LogP contribution in [0.25, 0.3) is 0 Å². The Labute approximate surface area is 117 Å². The van der Waals surface area contributed by atoms with Crippen molar-refractivity contribution in [2.24, 2.45) is 17.6 Å². The number of amides is 1. The van der Waals surface area contributed by atoms with Gasteiger partial charge in [0.25, 0.3) is 5.91 Å². The Hall–Kier alpha value is -1.26. The van der Waals surface area contributed by atoms with E-state index in [1.807, 2.05) is 12.1 Å². The van der Waals surface area contributed by atoms with Crippen LogP contribution in [0.2, 0.25) is 5.02 Å². The minimum Gasteiger partial charge on any atom is -0.367 e. The molecule has 3 N–H and O–H groups in total. The fourth-order valence-electron chi connectivity index (χ4n) is 3.44. The summed E-state index contributed by atoms with van der Waals surface area (Å²) in [6.07, 6.45) is 0. The van der Waals surface area contributed by atoms with E-state index in [-0.39, 0.29) is 0 Å². The van der Waals surface area contributed by atoms with Gasteiger partial charge in [0.2, 0.25) is 0 Å². The fourth-order valence-corrected chi connectivity index (χ4v) is 3.61. The van der Waals surface area contributed by atoms with Crippen molar-refractivity contribution in [2.45, 2.75) is 13.0 Å². The lowest BCUT2D eigenvalue weighted by Gasteiger charge is -2.28. The number of benzene rings is 1. The van der Waals surface area contributed by atoms with Crippen molar-refractivity contribution in [1.82, 2.24) is 5.32 Å². The molecule has 0 bridgehead atoms. The first-order valence-electron chi connectivity index (χ1n) is 6.64. The summed E-state index contributed by atoms with van der Waals surface area (Å²) in [6.45, 7) is 5.31. The van der Waals surface area contributed by atoms with Gasteiger partial charge in [-0.15, -0.1) is 0 Å². The van der Waals surface area contributed by atoms with Gasteiger partial charge in [-0.2, -0.15) is 0 Å². The largest absolute Gasteiger partial charge is 0.367 e. The molecule has 0 aromatic heterocycles. The molecule has 0 saturated carbocycles. The predicted octanol–water partition coefficient (Wildman–Crippen LogP) is 1.48. The number of nitrogens with one attached hydrogen (secondary N) is 1. The molecule has 102 valence electrons. The zero-order chi connectivity index (χ0) is 13.6. The first-order chi connectivity index (χ1) is 9.08. The quantitative estimate of drug-likeness (QED) is 0.862. The van der Waals surface area contributed by atoms with Crippen LogP contribution in [0, 0.1) is 11.8 Å². The summed E-state index contributed by atoms with van der Waals surface area (Å²) in [4.78, 5) is 13.9. The lowest BCUT2D eigenvalue weighted by atomic mass is 9.95. The van der Waals surface area contributed by atoms with E-state index in [0.717, 1.165) is 25.3 Å². The van der Waals surface area contributed by atoms with Gasteiger partial charge in [-0.1, -0.05) is 11.6 Å². The minimum absolute atomic E-state index is 0.416. The van der Waals surface area contributed by atoms with Crippen molar-refractivity contribution in [3.05, 3.63) is 28.8 Å². The van der Waals surface area contributed by atoms with Crippen LogP contribution in [-0.4, -0.2) is 31.6 Å². The molecule has 5 heteroatoms. The van der Waals surface area contributed by atoms with Crippen LogP contribution in [0.3, 0.4) is 0 Å². The zero-order valence-electron chi connectivity index (χ0n) is 10.9. The van der Waals surface area contributed by atoms with Crippen molar-refractivity contribution in [3.63, 3.8) is 0 Å². The number of rotatable bonds is 2. The second-order valence-corrected chi connectivity index (χ2v) is 5.94. The molecule has 2 aliphatic rings. The molecule has 2 saturated heterocycles. The number of primary amides is 1. The third-order valence-corrected chi connectivity index (χ3v) is 4.70. The molecule has 1 aromatic carbocycles. The van der Waals surface area contributed by atoms with Crippen LogP contribution in [0.4, 0.5) is 5.69 Å². The molecular weight excluding hydrogens is 262 g/mol. The number of nitrogens with two attached hydrogens (primary N) is 1. The van der Waals surface area contributed by atoms with Gasteiger partial charge >= 0.3 is 0 Å². The molecule has 3 rings (SSSR count). The minimum atomic E-state index is -0.417. The van der Waals surface area contributed by atoms with Crippen LogP contribution in [0.5, 0.6) is 0 Å². The lowest BCUT2D eigenvalue weighted by Crippen LogP contribution is -2.34. The van der Waals surface area contributed by atoms with Crippen molar-refractivity contribution < 1.29 is 4.79 Å². The molecule has 19 heavy (non-hydrogen) atoms. The summed E-state index contributed by atoms with van der Waals surface area (Å²) in [5, 5.41) is 3.98. The van der Waals surface area contributed by atoms with E-state index in [0.29, 0.717) is 28.5 Å². The van der Waals surface area contributed by atoms with Crippen molar-refractivity contribution in [1.29, 1.82) is 0 Å². The summed E-state index contributed by atoms with van der Waals surface area (Å²) in [5.41, 5.74) is 6.91. The van der Waals surface area contributed by atoms with Crippen LogP contribution in [-0.2, 0) is 0 Å². The Morgan fingerprint density at radius 3 is 2.95 bits per heavy atom. The SMILES string of the molecule is CC1C2CNCC2CN1c1ccc(Cl)cc1C(N)=O. The van der Waals surface area contributed by atoms with Crippen molar-refractivity contribution in [2.75, 3.05) is 24.5 Å². The Morgan fingerprint density at radius 1 is 1.47 bits per heavy atom. The molecule has 1 amide bonds. The Balaban J connectivity index is 1.97. The van der Waals surface area contributed by atoms with E-state index < -0.39 is 5.91 Å². The third kappa shape index (κ3) is 2.09. The van der Waals surface area contributed by atoms with Crippen LogP contribution < -0.4 is 16.0 Å².